The predicted molar refractivity (Wildman–Crippen MR) is 196 cm³/mol. The van der Waals surface area contributed by atoms with E-state index in [1.807, 2.05) is 48.5 Å². The van der Waals surface area contributed by atoms with Gasteiger partial charge in [-0.1, -0.05) is 60.7 Å². The number of aliphatic hydroxyl groups is 3. The molecule has 4 aliphatic rings. The van der Waals surface area contributed by atoms with Gasteiger partial charge in [0.05, 0.1) is 42.0 Å². The quantitative estimate of drug-likeness (QED) is 0.125. The van der Waals surface area contributed by atoms with Crippen LogP contribution >= 0.6 is 0 Å². The molecule has 1 aliphatic heterocycles. The van der Waals surface area contributed by atoms with Gasteiger partial charge >= 0.3 is 6.09 Å². The zero-order valence-corrected chi connectivity index (χ0v) is 30.4. The van der Waals surface area contributed by atoms with Crippen molar-refractivity contribution in [1.29, 1.82) is 0 Å². The van der Waals surface area contributed by atoms with Crippen molar-refractivity contribution in [2.24, 2.45) is 0 Å². The average Bonchev–Trinajstić information content (AvgIpc) is 3.51. The Bertz CT molecular complexity index is 2260. The number of Topliss-reactive ketones (excluding diaryl/α,β-unsaturated/α-hetero) is 1. The number of amides is 1. The van der Waals surface area contributed by atoms with Crippen LogP contribution in [0.2, 0.25) is 0 Å². The molecule has 14 heteroatoms. The molecule has 1 fully saturated rings. The number of aliphatic hydroxyl groups excluding tert-OH is 2. The van der Waals surface area contributed by atoms with E-state index in [0.717, 1.165) is 22.3 Å². The summed E-state index contributed by atoms with van der Waals surface area (Å²) >= 11 is 0. The largest absolute Gasteiger partial charge is 0.507 e. The minimum Gasteiger partial charge on any atom is -0.507 e. The maximum absolute atomic E-state index is 14.0. The summed E-state index contributed by atoms with van der Waals surface area (Å²) in [5, 5.41) is 58.6. The molecular formula is C42H39NO13. The number of rotatable bonds is 8. The molecule has 56 heavy (non-hydrogen) atoms. The molecule has 0 aromatic heterocycles. The summed E-state index contributed by atoms with van der Waals surface area (Å²) in [6.45, 7) is 0.494. The number of aromatic hydroxyl groups is 2. The van der Waals surface area contributed by atoms with E-state index in [-0.39, 0.29) is 46.9 Å². The number of phenols is 2. The number of ketones is 3. The van der Waals surface area contributed by atoms with Crippen molar-refractivity contribution >= 4 is 23.4 Å². The lowest BCUT2D eigenvalue weighted by molar-refractivity contribution is -0.249. The lowest BCUT2D eigenvalue weighted by Crippen LogP contribution is -2.56. The van der Waals surface area contributed by atoms with E-state index in [0.29, 0.717) is 0 Å². The molecule has 1 heterocycles. The highest BCUT2D eigenvalue weighted by molar-refractivity contribution is 6.31. The maximum atomic E-state index is 14.0. The highest BCUT2D eigenvalue weighted by atomic mass is 16.7. The second kappa shape index (κ2) is 14.1. The van der Waals surface area contributed by atoms with E-state index < -0.39 is 102 Å². The van der Waals surface area contributed by atoms with Crippen LogP contribution in [0.1, 0.15) is 85.9 Å². The van der Waals surface area contributed by atoms with Gasteiger partial charge in [0.2, 0.25) is 5.78 Å². The van der Waals surface area contributed by atoms with Crippen molar-refractivity contribution < 1.29 is 63.7 Å². The fraction of sp³-hybridized carbons (Fsp3) is 0.333. The molecule has 6 atom stereocenters. The van der Waals surface area contributed by atoms with E-state index in [9.17, 15) is 44.7 Å². The molecule has 0 spiro atoms. The number of phenolic OH excluding ortho intramolecular Hbond substituents is 2. The first-order valence-electron chi connectivity index (χ1n) is 18.2. The van der Waals surface area contributed by atoms with Crippen LogP contribution in [0.5, 0.6) is 17.2 Å². The summed E-state index contributed by atoms with van der Waals surface area (Å²) in [5.74, 6) is -4.24. The van der Waals surface area contributed by atoms with Crippen molar-refractivity contribution in [2.75, 3.05) is 20.3 Å². The molecule has 0 radical (unpaired) electrons. The molecule has 1 saturated heterocycles. The van der Waals surface area contributed by atoms with Crippen LogP contribution in [0.25, 0.3) is 11.1 Å². The fourth-order valence-electron chi connectivity index (χ4n) is 8.65. The molecule has 290 valence electrons. The zero-order valence-electron chi connectivity index (χ0n) is 30.4. The Kier molecular flexibility index (Phi) is 9.42. The average molecular weight is 766 g/mol. The standard InChI is InChI=1S/C42H39NO13/c1-19-36(46)27(43-41(51)54-18-26-22-10-5-3-8-20(22)21-9-4-6-11-23(21)26)14-31(55-19)56-29-16-42(52,30(45)17-44)15-25-33(29)40(50)35-34(38(25)48)37(47)24-12-7-13-28(53-2)32(24)39(35)49/h3-13,19,26-27,29,31,36,44,46,48,50,52H,14-18H2,1-2H3,(H,43,51)/t19-,27-,29-,31-,36+,42-/m0/s1. The first-order chi connectivity index (χ1) is 26.9. The lowest BCUT2D eigenvalue weighted by Gasteiger charge is -2.42. The summed E-state index contributed by atoms with van der Waals surface area (Å²) in [7, 11) is 1.31. The lowest BCUT2D eigenvalue weighted by atomic mass is 9.72. The van der Waals surface area contributed by atoms with Crippen LogP contribution in [0.3, 0.4) is 0 Å². The van der Waals surface area contributed by atoms with E-state index in [1.54, 1.807) is 6.92 Å². The highest BCUT2D eigenvalue weighted by Gasteiger charge is 2.50. The third kappa shape index (κ3) is 5.92. The van der Waals surface area contributed by atoms with Crippen molar-refractivity contribution in [2.45, 2.75) is 68.3 Å². The molecule has 8 rings (SSSR count). The fourth-order valence-corrected chi connectivity index (χ4v) is 8.65. The van der Waals surface area contributed by atoms with Gasteiger partial charge in [0.25, 0.3) is 0 Å². The summed E-state index contributed by atoms with van der Waals surface area (Å²) < 4.78 is 23.3. The summed E-state index contributed by atoms with van der Waals surface area (Å²) in [6, 6.07) is 19.1. The number of carbonyl (C=O) groups excluding carboxylic acids is 4. The third-order valence-electron chi connectivity index (χ3n) is 11.4. The van der Waals surface area contributed by atoms with Crippen LogP contribution in [0.15, 0.2) is 66.7 Å². The number of alkyl carbamates (subject to hydrolysis) is 1. The van der Waals surface area contributed by atoms with Gasteiger partial charge in [-0.05, 0) is 35.2 Å². The van der Waals surface area contributed by atoms with Crippen molar-refractivity contribution in [3.05, 3.63) is 111 Å². The Morgan fingerprint density at radius 1 is 0.893 bits per heavy atom. The molecular weight excluding hydrogens is 726 g/mol. The van der Waals surface area contributed by atoms with E-state index in [4.69, 9.17) is 18.9 Å². The van der Waals surface area contributed by atoms with Gasteiger partial charge in [0.15, 0.2) is 17.9 Å². The SMILES string of the molecule is COc1cccc2c1C(=O)c1c(O)c3c(c(O)c1C2=O)C[C@@](O)(C(=O)CO)C[C@@H]3O[C@H]1C[C@H](NC(=O)OCC2c3ccccc3-c3ccccc32)[C@H](O)[C@H](C)O1. The number of methoxy groups -OCH3 is 1. The van der Waals surface area contributed by atoms with Crippen LogP contribution in [-0.2, 0) is 25.4 Å². The number of benzene rings is 4. The first-order valence-corrected chi connectivity index (χ1v) is 18.2. The second-order valence-electron chi connectivity index (χ2n) is 14.6. The van der Waals surface area contributed by atoms with Gasteiger partial charge in [-0.3, -0.25) is 14.4 Å². The van der Waals surface area contributed by atoms with Crippen LogP contribution < -0.4 is 10.1 Å². The highest BCUT2D eigenvalue weighted by Crippen LogP contribution is 2.53. The third-order valence-corrected chi connectivity index (χ3v) is 11.4. The second-order valence-corrected chi connectivity index (χ2v) is 14.6. The van der Waals surface area contributed by atoms with Gasteiger partial charge in [0.1, 0.15) is 42.2 Å². The van der Waals surface area contributed by atoms with E-state index in [2.05, 4.69) is 5.32 Å². The van der Waals surface area contributed by atoms with E-state index >= 15 is 0 Å². The zero-order chi connectivity index (χ0) is 39.6. The number of ether oxygens (including phenoxy) is 4. The van der Waals surface area contributed by atoms with Gasteiger partial charge < -0.3 is 49.8 Å². The van der Waals surface area contributed by atoms with Gasteiger partial charge in [0, 0.05) is 41.9 Å². The number of carbonyl (C=O) groups is 4. The molecule has 3 aliphatic carbocycles. The Balaban J connectivity index is 1.07. The summed E-state index contributed by atoms with van der Waals surface area (Å²) in [4.78, 5) is 54.0. The predicted octanol–water partition coefficient (Wildman–Crippen LogP) is 3.58. The number of nitrogens with one attached hydrogen (secondary N) is 1. The topological polar surface area (TPSA) is 218 Å². The van der Waals surface area contributed by atoms with Crippen molar-refractivity contribution in [3.8, 4) is 28.4 Å². The van der Waals surface area contributed by atoms with Crippen LogP contribution in [0, 0.1) is 0 Å². The minimum absolute atomic E-state index is 0.0235. The molecule has 4 aromatic carbocycles. The summed E-state index contributed by atoms with van der Waals surface area (Å²) in [6.07, 6.45) is -7.04. The van der Waals surface area contributed by atoms with Crippen LogP contribution in [0.4, 0.5) is 4.79 Å². The molecule has 4 aromatic rings. The molecule has 0 saturated carbocycles. The van der Waals surface area contributed by atoms with Crippen molar-refractivity contribution in [3.63, 3.8) is 0 Å². The molecule has 6 N–H and O–H groups in total. The molecule has 1 amide bonds. The Morgan fingerprint density at radius 3 is 2.20 bits per heavy atom. The number of hydrogen-bond donors (Lipinski definition) is 6. The normalized spacial score (nSPS) is 25.0. The summed E-state index contributed by atoms with van der Waals surface area (Å²) in [5.41, 5.74) is 0.147. The Labute approximate surface area is 320 Å². The molecule has 0 unspecified atom stereocenters. The monoisotopic (exact) mass is 765 g/mol. The smallest absolute Gasteiger partial charge is 0.407 e. The van der Waals surface area contributed by atoms with Crippen LogP contribution in [-0.4, -0.2) is 99.4 Å². The van der Waals surface area contributed by atoms with Gasteiger partial charge in [-0.2, -0.15) is 0 Å². The van der Waals surface area contributed by atoms with E-state index in [1.165, 1.54) is 25.3 Å². The number of fused-ring (bicyclic) bond motifs is 6. The maximum Gasteiger partial charge on any atom is 0.407 e. The Hall–Kier alpha value is -5.64. The van der Waals surface area contributed by atoms with Gasteiger partial charge in [-0.15, -0.1) is 0 Å². The Morgan fingerprint density at radius 2 is 1.54 bits per heavy atom. The number of hydrogen-bond acceptors (Lipinski definition) is 13. The minimum atomic E-state index is -2.34. The molecule has 14 nitrogen and oxygen atoms in total. The molecule has 0 bridgehead atoms. The van der Waals surface area contributed by atoms with Crippen molar-refractivity contribution in [1.82, 2.24) is 5.32 Å². The van der Waals surface area contributed by atoms with Gasteiger partial charge in [-0.25, -0.2) is 4.79 Å². The first kappa shape index (κ1) is 37.3.